The zero-order valence-electron chi connectivity index (χ0n) is 11.6. The van der Waals surface area contributed by atoms with E-state index in [1.165, 1.54) is 0 Å². The molecule has 0 aromatic heterocycles. The largest absolute Gasteiger partial charge is 0.479 e. The molecule has 0 aliphatic carbocycles. The second-order valence-electron chi connectivity index (χ2n) is 4.44. The molecule has 0 aliphatic rings. The molecule has 0 heterocycles. The molecule has 0 saturated heterocycles. The molecule has 0 saturated carbocycles. The lowest BCUT2D eigenvalue weighted by Crippen LogP contribution is -2.37. The van der Waals surface area contributed by atoms with E-state index in [4.69, 9.17) is 16.3 Å². The SMILES string of the molecule is CNCCCNC(=O)C(C)Oc1cc(C)ccc1Cl. The molecule has 106 valence electrons. The van der Waals surface area contributed by atoms with Crippen molar-refractivity contribution in [3.05, 3.63) is 28.8 Å². The van der Waals surface area contributed by atoms with Crippen molar-refractivity contribution in [3.63, 3.8) is 0 Å². The molecule has 1 unspecified atom stereocenters. The molecule has 1 atom stereocenters. The maximum absolute atomic E-state index is 11.8. The van der Waals surface area contributed by atoms with Crippen LogP contribution in [0.1, 0.15) is 18.9 Å². The highest BCUT2D eigenvalue weighted by Gasteiger charge is 2.15. The summed E-state index contributed by atoms with van der Waals surface area (Å²) in [7, 11) is 1.88. The van der Waals surface area contributed by atoms with Crippen molar-refractivity contribution in [2.75, 3.05) is 20.1 Å². The van der Waals surface area contributed by atoms with Crippen LogP contribution in [-0.4, -0.2) is 32.1 Å². The topological polar surface area (TPSA) is 50.4 Å². The summed E-state index contributed by atoms with van der Waals surface area (Å²) in [6, 6.07) is 5.49. The number of nitrogens with one attached hydrogen (secondary N) is 2. The summed E-state index contributed by atoms with van der Waals surface area (Å²) >= 11 is 6.03. The van der Waals surface area contributed by atoms with Crippen molar-refractivity contribution in [1.82, 2.24) is 10.6 Å². The number of carbonyl (C=O) groups is 1. The molecule has 0 aliphatic heterocycles. The van der Waals surface area contributed by atoms with Crippen LogP contribution in [0.2, 0.25) is 5.02 Å². The molecule has 1 amide bonds. The van der Waals surface area contributed by atoms with Crippen LogP contribution in [0.5, 0.6) is 5.75 Å². The van der Waals surface area contributed by atoms with E-state index in [0.29, 0.717) is 17.3 Å². The second-order valence-corrected chi connectivity index (χ2v) is 4.85. The van der Waals surface area contributed by atoms with Crippen LogP contribution in [0, 0.1) is 6.92 Å². The predicted molar refractivity (Wildman–Crippen MR) is 77.8 cm³/mol. The van der Waals surface area contributed by atoms with Gasteiger partial charge in [-0.05, 0) is 51.6 Å². The van der Waals surface area contributed by atoms with Crippen LogP contribution in [0.3, 0.4) is 0 Å². The van der Waals surface area contributed by atoms with Crippen molar-refractivity contribution in [1.29, 1.82) is 0 Å². The predicted octanol–water partition coefficient (Wildman–Crippen LogP) is 2.14. The number of hydrogen-bond acceptors (Lipinski definition) is 3. The lowest BCUT2D eigenvalue weighted by molar-refractivity contribution is -0.127. The quantitative estimate of drug-likeness (QED) is 0.754. The van der Waals surface area contributed by atoms with Crippen LogP contribution in [0.4, 0.5) is 0 Å². The van der Waals surface area contributed by atoms with Gasteiger partial charge >= 0.3 is 0 Å². The number of benzene rings is 1. The maximum atomic E-state index is 11.8. The molecule has 1 rings (SSSR count). The molecule has 4 nitrogen and oxygen atoms in total. The fourth-order valence-electron chi connectivity index (χ4n) is 1.57. The third-order valence-electron chi connectivity index (χ3n) is 2.66. The van der Waals surface area contributed by atoms with Gasteiger partial charge in [0.25, 0.3) is 5.91 Å². The summed E-state index contributed by atoms with van der Waals surface area (Å²) < 4.78 is 5.59. The van der Waals surface area contributed by atoms with Gasteiger partial charge in [0.2, 0.25) is 0 Å². The van der Waals surface area contributed by atoms with Crippen molar-refractivity contribution in [3.8, 4) is 5.75 Å². The van der Waals surface area contributed by atoms with Crippen molar-refractivity contribution in [2.24, 2.45) is 0 Å². The summed E-state index contributed by atoms with van der Waals surface area (Å²) in [6.45, 7) is 5.17. The average molecular weight is 285 g/mol. The van der Waals surface area contributed by atoms with Gasteiger partial charge in [0.1, 0.15) is 5.75 Å². The molecule has 2 N–H and O–H groups in total. The molecular formula is C14H21ClN2O2. The second kappa shape index (κ2) is 8.02. The Labute approximate surface area is 119 Å². The van der Waals surface area contributed by atoms with Crippen molar-refractivity contribution >= 4 is 17.5 Å². The molecule has 19 heavy (non-hydrogen) atoms. The van der Waals surface area contributed by atoms with Crippen LogP contribution in [0.25, 0.3) is 0 Å². The van der Waals surface area contributed by atoms with Crippen LogP contribution >= 0.6 is 11.6 Å². The minimum atomic E-state index is -0.561. The van der Waals surface area contributed by atoms with E-state index in [9.17, 15) is 4.79 Å². The number of hydrogen-bond donors (Lipinski definition) is 2. The number of aryl methyl sites for hydroxylation is 1. The number of ether oxygens (including phenoxy) is 1. The Bertz CT molecular complexity index is 424. The zero-order valence-corrected chi connectivity index (χ0v) is 12.4. The molecule has 1 aromatic carbocycles. The van der Waals surface area contributed by atoms with E-state index < -0.39 is 6.10 Å². The number of halogens is 1. The lowest BCUT2D eigenvalue weighted by Gasteiger charge is -2.16. The van der Waals surface area contributed by atoms with Gasteiger partial charge in [-0.2, -0.15) is 0 Å². The Morgan fingerprint density at radius 2 is 2.16 bits per heavy atom. The van der Waals surface area contributed by atoms with Gasteiger partial charge in [0, 0.05) is 6.54 Å². The van der Waals surface area contributed by atoms with E-state index in [0.717, 1.165) is 18.5 Å². The summed E-state index contributed by atoms with van der Waals surface area (Å²) in [4.78, 5) is 11.8. The normalized spacial score (nSPS) is 12.0. The number of rotatable bonds is 7. The summed E-state index contributed by atoms with van der Waals surface area (Å²) in [5.74, 6) is 0.410. The van der Waals surface area contributed by atoms with Gasteiger partial charge in [0.05, 0.1) is 5.02 Å². The Hall–Kier alpha value is -1.26. The van der Waals surface area contributed by atoms with Gasteiger partial charge < -0.3 is 15.4 Å². The van der Waals surface area contributed by atoms with Gasteiger partial charge in [-0.25, -0.2) is 0 Å². The highest BCUT2D eigenvalue weighted by Crippen LogP contribution is 2.26. The molecule has 0 fully saturated rings. The third-order valence-corrected chi connectivity index (χ3v) is 2.97. The minimum absolute atomic E-state index is 0.131. The first-order chi connectivity index (χ1) is 9.04. The highest BCUT2D eigenvalue weighted by atomic mass is 35.5. The van der Waals surface area contributed by atoms with Crippen molar-refractivity contribution in [2.45, 2.75) is 26.4 Å². The van der Waals surface area contributed by atoms with Crippen LogP contribution in [0.15, 0.2) is 18.2 Å². The smallest absolute Gasteiger partial charge is 0.260 e. The highest BCUT2D eigenvalue weighted by molar-refractivity contribution is 6.32. The number of amides is 1. The fraction of sp³-hybridized carbons (Fsp3) is 0.500. The maximum Gasteiger partial charge on any atom is 0.260 e. The minimum Gasteiger partial charge on any atom is -0.479 e. The summed E-state index contributed by atoms with van der Waals surface area (Å²) in [5.41, 5.74) is 1.04. The Morgan fingerprint density at radius 1 is 1.42 bits per heavy atom. The van der Waals surface area contributed by atoms with Crippen molar-refractivity contribution < 1.29 is 9.53 Å². The first-order valence-electron chi connectivity index (χ1n) is 6.39. The monoisotopic (exact) mass is 284 g/mol. The molecule has 1 aromatic rings. The van der Waals surface area contributed by atoms with Gasteiger partial charge in [-0.1, -0.05) is 17.7 Å². The van der Waals surface area contributed by atoms with E-state index in [-0.39, 0.29) is 5.91 Å². The fourth-order valence-corrected chi connectivity index (χ4v) is 1.73. The third kappa shape index (κ3) is 5.49. The van der Waals surface area contributed by atoms with E-state index in [2.05, 4.69) is 10.6 Å². The first-order valence-corrected chi connectivity index (χ1v) is 6.77. The van der Waals surface area contributed by atoms with E-state index >= 15 is 0 Å². The molecule has 0 spiro atoms. The number of carbonyl (C=O) groups excluding carboxylic acids is 1. The molecule has 0 bridgehead atoms. The molecule has 0 radical (unpaired) electrons. The standard InChI is InChI=1S/C14H21ClN2O2/c1-10-5-6-12(15)13(9-10)19-11(2)14(18)17-8-4-7-16-3/h5-6,9,11,16H,4,7-8H2,1-3H3,(H,17,18). The van der Waals surface area contributed by atoms with E-state index in [1.807, 2.05) is 26.1 Å². The van der Waals surface area contributed by atoms with Crippen LogP contribution < -0.4 is 15.4 Å². The van der Waals surface area contributed by atoms with Gasteiger partial charge in [-0.15, -0.1) is 0 Å². The first kappa shape index (κ1) is 15.8. The summed E-state index contributed by atoms with van der Waals surface area (Å²) in [6.07, 6.45) is 0.328. The Balaban J connectivity index is 2.47. The zero-order chi connectivity index (χ0) is 14.3. The van der Waals surface area contributed by atoms with Crippen LogP contribution in [-0.2, 0) is 4.79 Å². The molecule has 5 heteroatoms. The Morgan fingerprint density at radius 3 is 2.84 bits per heavy atom. The lowest BCUT2D eigenvalue weighted by atomic mass is 10.2. The summed E-state index contributed by atoms with van der Waals surface area (Å²) in [5, 5.41) is 6.36. The van der Waals surface area contributed by atoms with Gasteiger partial charge in [0.15, 0.2) is 6.10 Å². The van der Waals surface area contributed by atoms with Gasteiger partial charge in [-0.3, -0.25) is 4.79 Å². The average Bonchev–Trinajstić information content (AvgIpc) is 2.38. The van der Waals surface area contributed by atoms with E-state index in [1.54, 1.807) is 13.0 Å². The Kier molecular flexibility index (Phi) is 6.67. The molecular weight excluding hydrogens is 264 g/mol.